The molecule has 36 heavy (non-hydrogen) atoms. The molecule has 184 valence electrons. The van der Waals surface area contributed by atoms with Crippen LogP contribution in [0.4, 0.5) is 5.69 Å². The predicted molar refractivity (Wildman–Crippen MR) is 139 cm³/mol. The van der Waals surface area contributed by atoms with E-state index in [1.807, 2.05) is 42.7 Å². The van der Waals surface area contributed by atoms with E-state index in [9.17, 15) is 9.59 Å². The largest absolute Gasteiger partial charge is 0.480 e. The van der Waals surface area contributed by atoms with Crippen LogP contribution in [-0.4, -0.2) is 32.1 Å². The van der Waals surface area contributed by atoms with Gasteiger partial charge in [-0.3, -0.25) is 14.5 Å². The van der Waals surface area contributed by atoms with Crippen molar-refractivity contribution in [3.05, 3.63) is 92.7 Å². The standard InChI is InChI=1S/C27H26ClN5O3/c1-15(2)32-23-21(30-24(32)20-7-6-12-29-25(20)36-5)22(17-8-10-18(28)11-9-17)33(27(23)35)19-13-16(3)26(34)31(4)14-19/h6-15,22H,1-5H3/t22-/m1/s1. The Morgan fingerprint density at radius 1 is 1.11 bits per heavy atom. The van der Waals surface area contributed by atoms with E-state index < -0.39 is 6.04 Å². The fourth-order valence-corrected chi connectivity index (χ4v) is 4.96. The molecule has 0 saturated heterocycles. The Labute approximate surface area is 213 Å². The Kier molecular flexibility index (Phi) is 5.92. The molecule has 1 amide bonds. The highest BCUT2D eigenvalue weighted by Gasteiger charge is 2.45. The number of pyridine rings is 2. The van der Waals surface area contributed by atoms with Gasteiger partial charge in [0.25, 0.3) is 11.5 Å². The molecule has 3 aromatic heterocycles. The molecule has 0 N–H and O–H groups in total. The fraction of sp³-hybridized carbons (Fsp3) is 0.259. The van der Waals surface area contributed by atoms with Gasteiger partial charge < -0.3 is 13.9 Å². The van der Waals surface area contributed by atoms with E-state index in [0.29, 0.717) is 44.9 Å². The number of fused-ring (bicyclic) bond motifs is 1. The second-order valence-corrected chi connectivity index (χ2v) is 9.56. The molecule has 9 heteroatoms. The number of imidazole rings is 1. The molecule has 1 aliphatic heterocycles. The zero-order valence-corrected chi connectivity index (χ0v) is 21.4. The molecule has 1 atom stereocenters. The summed E-state index contributed by atoms with van der Waals surface area (Å²) in [5.41, 5.74) is 3.75. The molecular weight excluding hydrogens is 478 g/mol. The summed E-state index contributed by atoms with van der Waals surface area (Å²) >= 11 is 6.18. The number of aromatic nitrogens is 4. The summed E-state index contributed by atoms with van der Waals surface area (Å²) in [5, 5.41) is 0.598. The van der Waals surface area contributed by atoms with Crippen molar-refractivity contribution in [1.29, 1.82) is 0 Å². The third-order valence-corrected chi connectivity index (χ3v) is 6.66. The van der Waals surface area contributed by atoms with E-state index in [1.54, 1.807) is 56.6 Å². The number of nitrogens with zero attached hydrogens (tertiary/aromatic N) is 5. The molecule has 0 saturated carbocycles. The summed E-state index contributed by atoms with van der Waals surface area (Å²) in [4.78, 5) is 37.7. The highest BCUT2D eigenvalue weighted by molar-refractivity contribution is 6.30. The van der Waals surface area contributed by atoms with Crippen LogP contribution < -0.4 is 15.2 Å². The average molecular weight is 504 g/mol. The molecule has 4 heterocycles. The van der Waals surface area contributed by atoms with Gasteiger partial charge in [0.2, 0.25) is 5.88 Å². The lowest BCUT2D eigenvalue weighted by molar-refractivity contribution is 0.0984. The number of halogens is 1. The van der Waals surface area contributed by atoms with Crippen molar-refractivity contribution in [3.63, 3.8) is 0 Å². The number of aryl methyl sites for hydroxylation is 2. The molecule has 8 nitrogen and oxygen atoms in total. The molecular formula is C27H26ClN5O3. The molecule has 1 aliphatic rings. The summed E-state index contributed by atoms with van der Waals surface area (Å²) in [6.45, 7) is 5.77. The Balaban J connectivity index is 1.79. The zero-order chi connectivity index (χ0) is 25.7. The Morgan fingerprint density at radius 3 is 2.47 bits per heavy atom. The zero-order valence-electron chi connectivity index (χ0n) is 20.7. The van der Waals surface area contributed by atoms with Crippen LogP contribution in [0.2, 0.25) is 5.02 Å². The summed E-state index contributed by atoms with van der Waals surface area (Å²) in [6, 6.07) is 12.3. The number of rotatable bonds is 5. The van der Waals surface area contributed by atoms with Gasteiger partial charge in [-0.1, -0.05) is 23.7 Å². The average Bonchev–Trinajstić information content (AvgIpc) is 3.38. The van der Waals surface area contributed by atoms with Gasteiger partial charge in [0, 0.05) is 36.1 Å². The SMILES string of the molecule is COc1ncccc1-c1nc2c(n1C(C)C)C(=O)N(c1cc(C)c(=O)n(C)c1)[C@@H]2c1ccc(Cl)cc1. The van der Waals surface area contributed by atoms with E-state index >= 15 is 0 Å². The minimum Gasteiger partial charge on any atom is -0.480 e. The van der Waals surface area contributed by atoms with E-state index in [4.69, 9.17) is 21.3 Å². The molecule has 0 spiro atoms. The third-order valence-electron chi connectivity index (χ3n) is 6.41. The van der Waals surface area contributed by atoms with Crippen molar-refractivity contribution in [2.24, 2.45) is 7.05 Å². The molecule has 0 bridgehead atoms. The first kappa shape index (κ1) is 23.8. The van der Waals surface area contributed by atoms with Crippen LogP contribution in [0, 0.1) is 6.92 Å². The number of amides is 1. The van der Waals surface area contributed by atoms with Crippen molar-refractivity contribution < 1.29 is 9.53 Å². The number of ether oxygens (including phenoxy) is 1. The number of hydrogen-bond donors (Lipinski definition) is 0. The van der Waals surface area contributed by atoms with Gasteiger partial charge in [0.15, 0.2) is 0 Å². The Bertz CT molecular complexity index is 1510. The first-order valence-electron chi connectivity index (χ1n) is 11.6. The quantitative estimate of drug-likeness (QED) is 0.385. The highest BCUT2D eigenvalue weighted by Crippen LogP contribution is 2.44. The first-order chi connectivity index (χ1) is 17.2. The van der Waals surface area contributed by atoms with Crippen LogP contribution >= 0.6 is 11.6 Å². The fourth-order valence-electron chi connectivity index (χ4n) is 4.83. The van der Waals surface area contributed by atoms with Gasteiger partial charge in [-0.05, 0) is 56.7 Å². The summed E-state index contributed by atoms with van der Waals surface area (Å²) in [6.07, 6.45) is 3.34. The second-order valence-electron chi connectivity index (χ2n) is 9.12. The van der Waals surface area contributed by atoms with Gasteiger partial charge in [0.1, 0.15) is 17.6 Å². The predicted octanol–water partition coefficient (Wildman–Crippen LogP) is 4.94. The van der Waals surface area contributed by atoms with E-state index in [1.165, 1.54) is 4.57 Å². The summed E-state index contributed by atoms with van der Waals surface area (Å²) < 4.78 is 8.94. The molecule has 0 radical (unpaired) electrons. The van der Waals surface area contributed by atoms with Crippen molar-refractivity contribution in [2.75, 3.05) is 12.0 Å². The monoisotopic (exact) mass is 503 g/mol. The molecule has 0 unspecified atom stereocenters. The summed E-state index contributed by atoms with van der Waals surface area (Å²) in [7, 11) is 3.25. The van der Waals surface area contributed by atoms with Crippen LogP contribution in [0.3, 0.4) is 0 Å². The second kappa shape index (κ2) is 8.95. The Hall–Kier alpha value is -3.91. The minimum absolute atomic E-state index is 0.0715. The van der Waals surface area contributed by atoms with Crippen molar-refractivity contribution >= 4 is 23.2 Å². The van der Waals surface area contributed by atoms with Gasteiger partial charge in [-0.25, -0.2) is 9.97 Å². The van der Waals surface area contributed by atoms with Crippen LogP contribution in [0.5, 0.6) is 5.88 Å². The van der Waals surface area contributed by atoms with E-state index in [0.717, 1.165) is 5.56 Å². The smallest absolute Gasteiger partial charge is 0.277 e. The number of hydrogen-bond acceptors (Lipinski definition) is 5. The van der Waals surface area contributed by atoms with Crippen molar-refractivity contribution in [1.82, 2.24) is 19.1 Å². The molecule has 0 aliphatic carbocycles. The number of benzene rings is 1. The topological polar surface area (TPSA) is 82.2 Å². The van der Waals surface area contributed by atoms with Gasteiger partial charge in [0.05, 0.1) is 24.1 Å². The lowest BCUT2D eigenvalue weighted by Gasteiger charge is -2.27. The first-order valence-corrected chi connectivity index (χ1v) is 12.0. The van der Waals surface area contributed by atoms with Gasteiger partial charge >= 0.3 is 0 Å². The number of methoxy groups -OCH3 is 1. The number of carbonyl (C=O) groups is 1. The molecule has 5 rings (SSSR count). The lowest BCUT2D eigenvalue weighted by Crippen LogP contribution is -2.32. The van der Waals surface area contributed by atoms with Gasteiger partial charge in [-0.15, -0.1) is 0 Å². The van der Waals surface area contributed by atoms with Crippen LogP contribution in [0.25, 0.3) is 11.4 Å². The van der Waals surface area contributed by atoms with Crippen LogP contribution in [0.1, 0.15) is 53.2 Å². The maximum absolute atomic E-state index is 14.2. The number of carbonyl (C=O) groups excluding carboxylic acids is 1. The van der Waals surface area contributed by atoms with E-state index in [2.05, 4.69) is 4.98 Å². The highest BCUT2D eigenvalue weighted by atomic mass is 35.5. The third kappa shape index (κ3) is 3.69. The van der Waals surface area contributed by atoms with Crippen LogP contribution in [0.15, 0.2) is 59.7 Å². The van der Waals surface area contributed by atoms with E-state index in [-0.39, 0.29) is 17.5 Å². The lowest BCUT2D eigenvalue weighted by atomic mass is 10.0. The van der Waals surface area contributed by atoms with Crippen LogP contribution in [-0.2, 0) is 7.05 Å². The van der Waals surface area contributed by atoms with Crippen molar-refractivity contribution in [2.45, 2.75) is 32.9 Å². The van der Waals surface area contributed by atoms with Crippen molar-refractivity contribution in [3.8, 4) is 17.3 Å². The summed E-state index contributed by atoms with van der Waals surface area (Å²) in [5.74, 6) is 0.853. The minimum atomic E-state index is -0.511. The molecule has 0 fully saturated rings. The maximum atomic E-state index is 14.2. The Morgan fingerprint density at radius 2 is 1.83 bits per heavy atom. The number of anilines is 1. The maximum Gasteiger partial charge on any atom is 0.277 e. The normalized spacial score (nSPS) is 15.0. The van der Waals surface area contributed by atoms with Gasteiger partial charge in [-0.2, -0.15) is 0 Å². The molecule has 1 aromatic carbocycles. The molecule has 4 aromatic rings.